The molecule has 0 saturated carbocycles. The van der Waals surface area contributed by atoms with Gasteiger partial charge in [0.25, 0.3) is 0 Å². The number of rotatable bonds is 10. The third-order valence-corrected chi connectivity index (χ3v) is 4.51. The van der Waals surface area contributed by atoms with E-state index in [1.807, 2.05) is 12.1 Å². The van der Waals surface area contributed by atoms with Gasteiger partial charge in [-0.25, -0.2) is 0 Å². The molecule has 25 heavy (non-hydrogen) atoms. The minimum Gasteiger partial charge on any atom is -0.449 e. The standard InChI is InChI=1S/C16H25N2O2P.C4H10/c1-4-5-11-19-21-20-15-8-6-7-14-16(15)13(12-17-14)9-10-18(2)3;1-3-4-2/h6-8,12,17,21H,4-5,9-11H2,1-3H3;3-4H2,1-2H3. The first-order valence-electron chi connectivity index (χ1n) is 9.41. The van der Waals surface area contributed by atoms with Crippen molar-refractivity contribution in [1.29, 1.82) is 0 Å². The molecule has 2 aromatic rings. The number of H-pyrrole nitrogens is 1. The molecule has 142 valence electrons. The van der Waals surface area contributed by atoms with E-state index in [2.05, 4.69) is 57.0 Å². The summed E-state index contributed by atoms with van der Waals surface area (Å²) >= 11 is 0. The van der Waals surface area contributed by atoms with E-state index in [0.717, 1.165) is 43.7 Å². The monoisotopic (exact) mass is 366 g/mol. The normalized spacial score (nSPS) is 11.3. The second kappa shape index (κ2) is 13.2. The van der Waals surface area contributed by atoms with Gasteiger partial charge in [-0.3, -0.25) is 0 Å². The second-order valence-electron chi connectivity index (χ2n) is 6.43. The lowest BCUT2D eigenvalue weighted by molar-refractivity contribution is 0.322. The zero-order valence-electron chi connectivity index (χ0n) is 16.5. The maximum Gasteiger partial charge on any atom is 0.215 e. The highest BCUT2D eigenvalue weighted by Gasteiger charge is 2.10. The Morgan fingerprint density at radius 2 is 1.84 bits per heavy atom. The van der Waals surface area contributed by atoms with Crippen molar-refractivity contribution in [2.75, 3.05) is 27.2 Å². The molecule has 0 aliphatic rings. The van der Waals surface area contributed by atoms with E-state index in [1.165, 1.54) is 23.8 Å². The Balaban J connectivity index is 0.000000705. The molecular formula is C20H35N2O2P. The van der Waals surface area contributed by atoms with E-state index >= 15 is 0 Å². The summed E-state index contributed by atoms with van der Waals surface area (Å²) in [5, 5.41) is 1.19. The lowest BCUT2D eigenvalue weighted by atomic mass is 10.1. The van der Waals surface area contributed by atoms with E-state index in [0.29, 0.717) is 0 Å². The molecular weight excluding hydrogens is 331 g/mol. The Hall–Kier alpha value is -1.09. The Labute approximate surface area is 155 Å². The molecule has 0 aliphatic carbocycles. The summed E-state index contributed by atoms with van der Waals surface area (Å²) in [6.07, 6.45) is 7.96. The van der Waals surface area contributed by atoms with Crippen LogP contribution in [0.15, 0.2) is 24.4 Å². The van der Waals surface area contributed by atoms with E-state index < -0.39 is 0 Å². The summed E-state index contributed by atoms with van der Waals surface area (Å²) in [6, 6.07) is 6.12. The number of unbranched alkanes of at least 4 members (excludes halogenated alkanes) is 2. The van der Waals surface area contributed by atoms with Gasteiger partial charge in [0, 0.05) is 23.6 Å². The Kier molecular flexibility index (Phi) is 11.6. The lowest BCUT2D eigenvalue weighted by Crippen LogP contribution is -2.14. The van der Waals surface area contributed by atoms with Gasteiger partial charge in [0.1, 0.15) is 5.75 Å². The third-order valence-electron chi connectivity index (χ3n) is 3.89. The first kappa shape index (κ1) is 22.0. The van der Waals surface area contributed by atoms with Crippen molar-refractivity contribution in [3.63, 3.8) is 0 Å². The number of hydrogen-bond acceptors (Lipinski definition) is 3. The molecule has 0 amide bonds. The summed E-state index contributed by atoms with van der Waals surface area (Å²) < 4.78 is 11.4. The van der Waals surface area contributed by atoms with E-state index in [9.17, 15) is 0 Å². The molecule has 1 heterocycles. The lowest BCUT2D eigenvalue weighted by Gasteiger charge is -2.11. The van der Waals surface area contributed by atoms with Crippen molar-refractivity contribution >= 4 is 19.9 Å². The smallest absolute Gasteiger partial charge is 0.215 e. The molecule has 0 saturated heterocycles. The van der Waals surface area contributed by atoms with Crippen molar-refractivity contribution in [3.8, 4) is 5.75 Å². The summed E-state index contributed by atoms with van der Waals surface area (Å²) in [6.45, 7) is 8.31. The van der Waals surface area contributed by atoms with Gasteiger partial charge in [-0.1, -0.05) is 46.1 Å². The van der Waals surface area contributed by atoms with Crippen molar-refractivity contribution < 1.29 is 9.05 Å². The molecule has 1 N–H and O–H groups in total. The van der Waals surface area contributed by atoms with Crippen LogP contribution in [0.4, 0.5) is 0 Å². The van der Waals surface area contributed by atoms with Gasteiger partial charge in [0.15, 0.2) is 0 Å². The molecule has 0 spiro atoms. The highest BCUT2D eigenvalue weighted by atomic mass is 31.1. The van der Waals surface area contributed by atoms with Crippen molar-refractivity contribution in [1.82, 2.24) is 9.88 Å². The summed E-state index contributed by atoms with van der Waals surface area (Å²) in [5.74, 6) is 0.914. The van der Waals surface area contributed by atoms with Crippen LogP contribution in [0.2, 0.25) is 0 Å². The fraction of sp³-hybridized carbons (Fsp3) is 0.600. The predicted octanol–water partition coefficient (Wildman–Crippen LogP) is 5.78. The van der Waals surface area contributed by atoms with Crippen LogP contribution in [-0.2, 0) is 10.9 Å². The van der Waals surface area contributed by atoms with E-state index in [4.69, 9.17) is 9.05 Å². The minimum absolute atomic E-state index is 0.0647. The fourth-order valence-corrected chi connectivity index (χ4v) is 2.72. The number of likely N-dealkylation sites (N-methyl/N-ethyl adjacent to an activating group) is 1. The number of aromatic amines is 1. The highest BCUT2D eigenvalue weighted by molar-refractivity contribution is 7.26. The molecule has 1 unspecified atom stereocenters. The van der Waals surface area contributed by atoms with Crippen LogP contribution >= 0.6 is 9.03 Å². The molecule has 2 rings (SSSR count). The first-order chi connectivity index (χ1) is 12.1. The Morgan fingerprint density at radius 3 is 2.48 bits per heavy atom. The molecule has 1 aromatic heterocycles. The zero-order valence-corrected chi connectivity index (χ0v) is 17.5. The van der Waals surface area contributed by atoms with Crippen LogP contribution in [0.1, 0.15) is 52.0 Å². The number of nitrogens with one attached hydrogen (secondary N) is 1. The Morgan fingerprint density at radius 1 is 1.08 bits per heavy atom. The van der Waals surface area contributed by atoms with Crippen LogP contribution in [0.5, 0.6) is 5.75 Å². The number of hydrogen-bond donors (Lipinski definition) is 1. The molecule has 0 fully saturated rings. The van der Waals surface area contributed by atoms with Crippen LogP contribution in [0.3, 0.4) is 0 Å². The summed E-state index contributed by atoms with van der Waals surface area (Å²) in [5.41, 5.74) is 2.42. The van der Waals surface area contributed by atoms with Gasteiger partial charge in [-0.2, -0.15) is 0 Å². The molecule has 0 aliphatic heterocycles. The van der Waals surface area contributed by atoms with Crippen LogP contribution in [0, 0.1) is 0 Å². The van der Waals surface area contributed by atoms with Gasteiger partial charge < -0.3 is 18.9 Å². The van der Waals surface area contributed by atoms with Gasteiger partial charge in [-0.15, -0.1) is 0 Å². The fourth-order valence-electron chi connectivity index (χ4n) is 2.18. The third kappa shape index (κ3) is 8.22. The molecule has 1 atom stereocenters. The molecule has 1 aromatic carbocycles. The maximum absolute atomic E-state index is 5.84. The topological polar surface area (TPSA) is 37.5 Å². The first-order valence-corrected chi connectivity index (χ1v) is 10.2. The van der Waals surface area contributed by atoms with Gasteiger partial charge in [0.2, 0.25) is 9.03 Å². The van der Waals surface area contributed by atoms with E-state index in [1.54, 1.807) is 0 Å². The minimum atomic E-state index is 0.0647. The predicted molar refractivity (Wildman–Crippen MR) is 111 cm³/mol. The van der Waals surface area contributed by atoms with Gasteiger partial charge in [0.05, 0.1) is 6.61 Å². The molecule has 0 bridgehead atoms. The number of benzene rings is 1. The zero-order chi connectivity index (χ0) is 18.5. The molecule has 4 nitrogen and oxygen atoms in total. The quantitative estimate of drug-likeness (QED) is 0.428. The van der Waals surface area contributed by atoms with E-state index in [-0.39, 0.29) is 9.03 Å². The maximum atomic E-state index is 5.84. The highest BCUT2D eigenvalue weighted by Crippen LogP contribution is 2.33. The molecule has 0 radical (unpaired) electrons. The largest absolute Gasteiger partial charge is 0.449 e. The number of aromatic nitrogens is 1. The van der Waals surface area contributed by atoms with Crippen molar-refractivity contribution in [3.05, 3.63) is 30.0 Å². The second-order valence-corrected chi connectivity index (χ2v) is 7.09. The van der Waals surface area contributed by atoms with Crippen LogP contribution in [0.25, 0.3) is 10.9 Å². The number of nitrogens with zero attached hydrogens (tertiary/aromatic N) is 1. The van der Waals surface area contributed by atoms with Gasteiger partial charge in [-0.05, 0) is 44.6 Å². The average molecular weight is 366 g/mol. The number of fused-ring (bicyclic) bond motifs is 1. The summed E-state index contributed by atoms with van der Waals surface area (Å²) in [4.78, 5) is 5.52. The van der Waals surface area contributed by atoms with Crippen LogP contribution in [-0.4, -0.2) is 37.1 Å². The molecule has 5 heteroatoms. The summed E-state index contributed by atoms with van der Waals surface area (Å²) in [7, 11) is 4.25. The van der Waals surface area contributed by atoms with Gasteiger partial charge >= 0.3 is 0 Å². The Bertz CT molecular complexity index is 582. The van der Waals surface area contributed by atoms with Crippen molar-refractivity contribution in [2.45, 2.75) is 52.9 Å². The van der Waals surface area contributed by atoms with Crippen molar-refractivity contribution in [2.24, 2.45) is 0 Å². The average Bonchev–Trinajstić information content (AvgIpc) is 3.04. The SMILES string of the molecule is CCCC.CCCCOPOc1cccc2[nH]cc(CCN(C)C)c12. The van der Waals surface area contributed by atoms with Crippen LogP contribution < -0.4 is 4.52 Å².